The first-order valence-corrected chi connectivity index (χ1v) is 9.83. The zero-order valence-electron chi connectivity index (χ0n) is 14.6. The average molecular weight is 390 g/mol. The molecule has 0 spiro atoms. The molecule has 136 valence electrons. The number of aromatic amines is 1. The molecule has 0 bridgehead atoms. The number of benzene rings is 1. The van der Waals surface area contributed by atoms with Crippen LogP contribution in [0.1, 0.15) is 13.8 Å². The van der Waals surface area contributed by atoms with Gasteiger partial charge in [-0.25, -0.2) is 4.98 Å². The fourth-order valence-electron chi connectivity index (χ4n) is 2.40. The number of hydrogen-bond donors (Lipinski definition) is 2. The highest BCUT2D eigenvalue weighted by atomic mass is 32.2. The summed E-state index contributed by atoms with van der Waals surface area (Å²) in [6, 6.07) is 8.90. The van der Waals surface area contributed by atoms with Crippen LogP contribution in [0.3, 0.4) is 0 Å². The van der Waals surface area contributed by atoms with E-state index in [1.54, 1.807) is 37.4 Å². The molecule has 0 aliphatic heterocycles. The number of rotatable bonds is 6. The summed E-state index contributed by atoms with van der Waals surface area (Å²) in [6.07, 6.45) is 0. The fourth-order valence-corrected chi connectivity index (χ4v) is 4.20. The minimum absolute atomic E-state index is 0.0579. The van der Waals surface area contributed by atoms with E-state index in [1.807, 2.05) is 19.2 Å². The normalized spacial score (nSPS) is 12.3. The van der Waals surface area contributed by atoms with E-state index in [0.717, 1.165) is 5.75 Å². The van der Waals surface area contributed by atoms with Gasteiger partial charge >= 0.3 is 0 Å². The van der Waals surface area contributed by atoms with Gasteiger partial charge in [-0.15, -0.1) is 11.3 Å². The lowest BCUT2D eigenvalue weighted by molar-refractivity contribution is -0.116. The van der Waals surface area contributed by atoms with Gasteiger partial charge in [0.2, 0.25) is 5.91 Å². The van der Waals surface area contributed by atoms with Gasteiger partial charge in [0.15, 0.2) is 5.16 Å². The number of thiophene rings is 1. The number of nitrogens with one attached hydrogen (secondary N) is 2. The van der Waals surface area contributed by atoms with Crippen molar-refractivity contribution in [1.82, 2.24) is 9.97 Å². The number of carbonyl (C=O) groups is 1. The van der Waals surface area contributed by atoms with Crippen molar-refractivity contribution >= 4 is 44.9 Å². The molecule has 2 N–H and O–H groups in total. The Morgan fingerprint density at radius 1 is 1.27 bits per heavy atom. The molecular weight excluding hydrogens is 370 g/mol. The van der Waals surface area contributed by atoms with Crippen LogP contribution in [0.25, 0.3) is 10.2 Å². The van der Waals surface area contributed by atoms with Crippen LogP contribution in [-0.2, 0) is 4.79 Å². The number of fused-ring (bicyclic) bond motifs is 1. The first-order chi connectivity index (χ1) is 12.5. The van der Waals surface area contributed by atoms with Gasteiger partial charge in [0.05, 0.1) is 17.7 Å². The average Bonchev–Trinajstić information content (AvgIpc) is 3.09. The Bertz CT molecular complexity index is 964. The number of H-pyrrole nitrogens is 1. The molecule has 1 unspecified atom stereocenters. The van der Waals surface area contributed by atoms with E-state index in [2.05, 4.69) is 15.3 Å². The lowest BCUT2D eigenvalue weighted by Gasteiger charge is -2.19. The third-order valence-electron chi connectivity index (χ3n) is 3.77. The predicted octanol–water partition coefficient (Wildman–Crippen LogP) is 3.75. The number of anilines is 1. The lowest BCUT2D eigenvalue weighted by atomic mass is 10.1. The number of hydrogen-bond acceptors (Lipinski definition) is 6. The lowest BCUT2D eigenvalue weighted by Crippen LogP contribution is -2.30. The SMILES string of the molecule is COc1ccc(NC(=O)C(Sc2nc3sccc3c(=O)[nH]2)C(C)C)cc1. The van der Waals surface area contributed by atoms with Gasteiger partial charge in [0, 0.05) is 5.69 Å². The number of carbonyl (C=O) groups excluding carboxylic acids is 1. The van der Waals surface area contributed by atoms with E-state index in [-0.39, 0.29) is 17.4 Å². The molecule has 6 nitrogen and oxygen atoms in total. The van der Waals surface area contributed by atoms with Crippen LogP contribution in [0, 0.1) is 5.92 Å². The molecule has 0 radical (unpaired) electrons. The van der Waals surface area contributed by atoms with Crippen LogP contribution in [0.5, 0.6) is 5.75 Å². The van der Waals surface area contributed by atoms with Gasteiger partial charge in [0.1, 0.15) is 10.6 Å². The Morgan fingerprint density at radius 2 is 2.00 bits per heavy atom. The second-order valence-corrected chi connectivity index (χ2v) is 8.04. The monoisotopic (exact) mass is 389 g/mol. The first kappa shape index (κ1) is 18.5. The Hall–Kier alpha value is -2.32. The summed E-state index contributed by atoms with van der Waals surface area (Å²) in [7, 11) is 1.59. The Labute approximate surface area is 159 Å². The summed E-state index contributed by atoms with van der Waals surface area (Å²) < 4.78 is 5.12. The zero-order valence-corrected chi connectivity index (χ0v) is 16.2. The smallest absolute Gasteiger partial charge is 0.260 e. The standard InChI is InChI=1S/C18H19N3O3S2/c1-10(2)14(16(23)19-11-4-6-12(24-3)7-5-11)26-18-20-15(22)13-8-9-25-17(13)21-18/h4-10,14H,1-3H3,(H,19,23)(H,20,21,22). The topological polar surface area (TPSA) is 84.1 Å². The molecule has 0 fully saturated rings. The number of aromatic nitrogens is 2. The van der Waals surface area contributed by atoms with Gasteiger partial charge in [0.25, 0.3) is 5.56 Å². The molecule has 1 aromatic carbocycles. The third-order valence-corrected chi connectivity index (χ3v) is 6.01. The molecule has 3 aromatic rings. The second kappa shape index (κ2) is 7.92. The van der Waals surface area contributed by atoms with Crippen molar-refractivity contribution in [2.24, 2.45) is 5.92 Å². The molecule has 0 aliphatic rings. The van der Waals surface area contributed by atoms with E-state index in [9.17, 15) is 9.59 Å². The van der Waals surface area contributed by atoms with Crippen molar-refractivity contribution in [1.29, 1.82) is 0 Å². The summed E-state index contributed by atoms with van der Waals surface area (Å²) in [4.78, 5) is 32.7. The molecular formula is C18H19N3O3S2. The minimum atomic E-state index is -0.391. The molecule has 0 aliphatic carbocycles. The van der Waals surface area contributed by atoms with Gasteiger partial charge in [-0.05, 0) is 41.6 Å². The number of nitrogens with zero attached hydrogens (tertiary/aromatic N) is 1. The highest BCUT2D eigenvalue weighted by molar-refractivity contribution is 8.00. The van der Waals surface area contributed by atoms with E-state index in [4.69, 9.17) is 4.74 Å². The molecule has 8 heteroatoms. The second-order valence-electron chi connectivity index (χ2n) is 6.01. The van der Waals surface area contributed by atoms with Gasteiger partial charge < -0.3 is 15.0 Å². The highest BCUT2D eigenvalue weighted by Crippen LogP contribution is 2.28. The maximum absolute atomic E-state index is 12.7. The molecule has 0 saturated carbocycles. The molecule has 2 heterocycles. The summed E-state index contributed by atoms with van der Waals surface area (Å²) in [5.74, 6) is 0.649. The molecule has 2 aromatic heterocycles. The quantitative estimate of drug-likeness (QED) is 0.495. The maximum Gasteiger partial charge on any atom is 0.260 e. The van der Waals surface area contributed by atoms with E-state index < -0.39 is 5.25 Å². The van der Waals surface area contributed by atoms with Crippen molar-refractivity contribution in [2.45, 2.75) is 24.3 Å². The van der Waals surface area contributed by atoms with Crippen molar-refractivity contribution < 1.29 is 9.53 Å². The van der Waals surface area contributed by atoms with Crippen molar-refractivity contribution in [3.05, 3.63) is 46.1 Å². The number of thioether (sulfide) groups is 1. The largest absolute Gasteiger partial charge is 0.497 e. The summed E-state index contributed by atoms with van der Waals surface area (Å²) in [5, 5.41) is 5.37. The molecule has 3 rings (SSSR count). The highest BCUT2D eigenvalue weighted by Gasteiger charge is 2.25. The van der Waals surface area contributed by atoms with E-state index in [1.165, 1.54) is 23.1 Å². The fraction of sp³-hybridized carbons (Fsp3) is 0.278. The van der Waals surface area contributed by atoms with Crippen LogP contribution in [-0.4, -0.2) is 28.2 Å². The van der Waals surface area contributed by atoms with Crippen molar-refractivity contribution in [2.75, 3.05) is 12.4 Å². The van der Waals surface area contributed by atoms with Crippen LogP contribution in [0.4, 0.5) is 5.69 Å². The zero-order chi connectivity index (χ0) is 18.7. The predicted molar refractivity (Wildman–Crippen MR) is 106 cm³/mol. The molecule has 0 saturated heterocycles. The summed E-state index contributed by atoms with van der Waals surface area (Å²) in [6.45, 7) is 3.93. The number of methoxy groups -OCH3 is 1. The van der Waals surface area contributed by atoms with Crippen molar-refractivity contribution in [3.63, 3.8) is 0 Å². The Kier molecular flexibility index (Phi) is 5.63. The molecule has 1 amide bonds. The third kappa shape index (κ3) is 4.08. The van der Waals surface area contributed by atoms with Crippen LogP contribution in [0.15, 0.2) is 45.7 Å². The molecule has 26 heavy (non-hydrogen) atoms. The van der Waals surface area contributed by atoms with Crippen LogP contribution >= 0.6 is 23.1 Å². The minimum Gasteiger partial charge on any atom is -0.497 e. The Balaban J connectivity index is 1.78. The number of ether oxygens (including phenoxy) is 1. The maximum atomic E-state index is 12.7. The van der Waals surface area contributed by atoms with Crippen molar-refractivity contribution in [3.8, 4) is 5.75 Å². The van der Waals surface area contributed by atoms with Gasteiger partial charge in [-0.2, -0.15) is 0 Å². The van der Waals surface area contributed by atoms with Gasteiger partial charge in [-0.1, -0.05) is 25.6 Å². The summed E-state index contributed by atoms with van der Waals surface area (Å²) >= 11 is 2.68. The van der Waals surface area contributed by atoms with Gasteiger partial charge in [-0.3, -0.25) is 9.59 Å². The van der Waals surface area contributed by atoms with Crippen LogP contribution < -0.4 is 15.6 Å². The van der Waals surface area contributed by atoms with Crippen LogP contribution in [0.2, 0.25) is 0 Å². The van der Waals surface area contributed by atoms with E-state index >= 15 is 0 Å². The molecule has 1 atom stereocenters. The number of amides is 1. The summed E-state index contributed by atoms with van der Waals surface area (Å²) in [5.41, 5.74) is 0.508. The first-order valence-electron chi connectivity index (χ1n) is 8.07. The van der Waals surface area contributed by atoms with E-state index in [0.29, 0.717) is 21.1 Å². The Morgan fingerprint density at radius 3 is 2.65 bits per heavy atom.